The zero-order valence-corrected chi connectivity index (χ0v) is 16.4. The Morgan fingerprint density at radius 2 is 2.00 bits per heavy atom. The fourth-order valence-electron chi connectivity index (χ4n) is 4.60. The number of aromatic amines is 1. The molecule has 1 aliphatic carbocycles. The first-order valence-electron chi connectivity index (χ1n) is 10.0. The number of ether oxygens (including phenoxy) is 2. The van der Waals surface area contributed by atoms with E-state index in [-0.39, 0.29) is 5.75 Å². The summed E-state index contributed by atoms with van der Waals surface area (Å²) in [5.74, 6) is 0.101. The molecule has 1 amide bonds. The molecule has 1 atom stereocenters. The third-order valence-corrected chi connectivity index (χ3v) is 5.83. The Bertz CT molecular complexity index is 1110. The maximum atomic E-state index is 12.9. The maximum absolute atomic E-state index is 12.9. The van der Waals surface area contributed by atoms with Crippen molar-refractivity contribution in [1.29, 1.82) is 0 Å². The lowest BCUT2D eigenvalue weighted by Gasteiger charge is -2.36. The standard InChI is InChI=1S/C21H19F3N4O3/c22-21(23,24)30-14-6-7-15-16(11-14)27-18(26-15)17-20(8-2-1-3-9-20)31-19(29)28(17)13-5-4-10-25-12-13/h4-7,10-12,17H,1-3,8-9H2,(H,26,27)/t17-/m1/s1. The number of nitrogens with one attached hydrogen (secondary N) is 1. The van der Waals surface area contributed by atoms with Crippen LogP contribution in [0.25, 0.3) is 11.0 Å². The largest absolute Gasteiger partial charge is 0.573 e. The Labute approximate surface area is 175 Å². The van der Waals surface area contributed by atoms with Gasteiger partial charge in [0.1, 0.15) is 23.2 Å². The monoisotopic (exact) mass is 432 g/mol. The molecule has 2 aliphatic rings. The van der Waals surface area contributed by atoms with Gasteiger partial charge in [0.15, 0.2) is 0 Å². The number of anilines is 1. The second kappa shape index (κ2) is 7.14. The topological polar surface area (TPSA) is 80.3 Å². The summed E-state index contributed by atoms with van der Waals surface area (Å²) in [7, 11) is 0. The van der Waals surface area contributed by atoms with Crippen LogP contribution in [0.4, 0.5) is 23.7 Å². The van der Waals surface area contributed by atoms with Crippen molar-refractivity contribution in [2.45, 2.75) is 50.1 Å². The number of aromatic nitrogens is 3. The molecule has 1 saturated heterocycles. The molecule has 1 aromatic carbocycles. The summed E-state index contributed by atoms with van der Waals surface area (Å²) in [6.45, 7) is 0. The number of pyridine rings is 1. The first kappa shape index (κ1) is 19.7. The Kier molecular flexibility index (Phi) is 4.53. The van der Waals surface area contributed by atoms with Gasteiger partial charge in [-0.25, -0.2) is 9.78 Å². The van der Waals surface area contributed by atoms with Gasteiger partial charge in [0, 0.05) is 12.3 Å². The molecule has 5 rings (SSSR count). The van der Waals surface area contributed by atoms with Gasteiger partial charge in [0.25, 0.3) is 0 Å². The number of benzene rings is 1. The second-order valence-electron chi connectivity index (χ2n) is 7.83. The number of carbonyl (C=O) groups is 1. The average molecular weight is 432 g/mol. The number of amides is 1. The molecule has 3 heterocycles. The molecule has 1 N–H and O–H groups in total. The highest BCUT2D eigenvalue weighted by Gasteiger charge is 2.56. The SMILES string of the molecule is O=C1OC2(CCCCC2)[C@@H](c2nc3cc(OC(F)(F)F)ccc3[nH]2)N1c1cccnc1. The van der Waals surface area contributed by atoms with E-state index in [1.807, 2.05) is 0 Å². The van der Waals surface area contributed by atoms with Crippen molar-refractivity contribution in [1.82, 2.24) is 15.0 Å². The molecule has 7 nitrogen and oxygen atoms in total. The number of carbonyl (C=O) groups excluding carboxylic acids is 1. The molecule has 1 aliphatic heterocycles. The van der Waals surface area contributed by atoms with E-state index < -0.39 is 24.1 Å². The van der Waals surface area contributed by atoms with E-state index >= 15 is 0 Å². The van der Waals surface area contributed by atoms with Crippen LogP contribution in [0.15, 0.2) is 42.7 Å². The number of H-pyrrole nitrogens is 1. The molecule has 0 bridgehead atoms. The molecule has 162 valence electrons. The highest BCUT2D eigenvalue weighted by molar-refractivity contribution is 5.91. The molecule has 2 fully saturated rings. The zero-order chi connectivity index (χ0) is 21.6. The van der Waals surface area contributed by atoms with Crippen molar-refractivity contribution in [3.05, 3.63) is 48.5 Å². The van der Waals surface area contributed by atoms with Crippen molar-refractivity contribution in [2.24, 2.45) is 0 Å². The number of hydrogen-bond donors (Lipinski definition) is 1. The van der Waals surface area contributed by atoms with E-state index in [0.717, 1.165) is 19.3 Å². The maximum Gasteiger partial charge on any atom is 0.573 e. The summed E-state index contributed by atoms with van der Waals surface area (Å²) in [5.41, 5.74) is 0.667. The van der Waals surface area contributed by atoms with E-state index in [9.17, 15) is 18.0 Å². The van der Waals surface area contributed by atoms with Gasteiger partial charge in [0.2, 0.25) is 0 Å². The van der Waals surface area contributed by atoms with Gasteiger partial charge in [-0.15, -0.1) is 13.2 Å². The van der Waals surface area contributed by atoms with Gasteiger partial charge < -0.3 is 14.5 Å². The Morgan fingerprint density at radius 3 is 2.71 bits per heavy atom. The Morgan fingerprint density at radius 1 is 1.19 bits per heavy atom. The van der Waals surface area contributed by atoms with Crippen LogP contribution < -0.4 is 9.64 Å². The van der Waals surface area contributed by atoms with Crippen LogP contribution in [0.2, 0.25) is 0 Å². The summed E-state index contributed by atoms with van der Waals surface area (Å²) < 4.78 is 47.7. The van der Waals surface area contributed by atoms with Gasteiger partial charge in [-0.05, 0) is 49.9 Å². The number of imidazole rings is 1. The number of halogens is 3. The first-order chi connectivity index (χ1) is 14.8. The van der Waals surface area contributed by atoms with Crippen LogP contribution in [0.5, 0.6) is 5.75 Å². The molecular formula is C21H19F3N4O3. The van der Waals surface area contributed by atoms with Crippen LogP contribution in [0.3, 0.4) is 0 Å². The third kappa shape index (κ3) is 3.55. The molecule has 1 saturated carbocycles. The van der Waals surface area contributed by atoms with Gasteiger partial charge in [0.05, 0.1) is 22.9 Å². The van der Waals surface area contributed by atoms with Crippen LogP contribution in [0, 0.1) is 0 Å². The smallest absolute Gasteiger partial charge is 0.440 e. The number of rotatable bonds is 3. The van der Waals surface area contributed by atoms with Gasteiger partial charge >= 0.3 is 12.5 Å². The van der Waals surface area contributed by atoms with E-state index in [1.165, 1.54) is 23.1 Å². The number of nitrogens with zero attached hydrogens (tertiary/aromatic N) is 3. The minimum atomic E-state index is -4.79. The van der Waals surface area contributed by atoms with Crippen molar-refractivity contribution in [2.75, 3.05) is 4.90 Å². The third-order valence-electron chi connectivity index (χ3n) is 5.83. The molecule has 0 unspecified atom stereocenters. The molecule has 2 aromatic heterocycles. The molecule has 3 aromatic rings. The fourth-order valence-corrected chi connectivity index (χ4v) is 4.60. The van der Waals surface area contributed by atoms with Crippen molar-refractivity contribution in [3.63, 3.8) is 0 Å². The van der Waals surface area contributed by atoms with Crippen molar-refractivity contribution in [3.8, 4) is 5.75 Å². The Hall–Kier alpha value is -3.30. The average Bonchev–Trinajstić information content (AvgIpc) is 3.25. The highest BCUT2D eigenvalue weighted by Crippen LogP contribution is 2.50. The van der Waals surface area contributed by atoms with Crippen LogP contribution in [-0.4, -0.2) is 33.0 Å². The summed E-state index contributed by atoms with van der Waals surface area (Å²) >= 11 is 0. The van der Waals surface area contributed by atoms with Gasteiger partial charge in [-0.3, -0.25) is 9.88 Å². The quantitative estimate of drug-likeness (QED) is 0.611. The van der Waals surface area contributed by atoms with E-state index in [2.05, 4.69) is 19.7 Å². The highest BCUT2D eigenvalue weighted by atomic mass is 19.4. The Balaban J connectivity index is 1.60. The minimum absolute atomic E-state index is 0.313. The predicted molar refractivity (Wildman–Crippen MR) is 105 cm³/mol. The summed E-state index contributed by atoms with van der Waals surface area (Å²) in [5, 5.41) is 0. The fraction of sp³-hybridized carbons (Fsp3) is 0.381. The molecule has 1 spiro atoms. The van der Waals surface area contributed by atoms with Crippen LogP contribution >= 0.6 is 0 Å². The van der Waals surface area contributed by atoms with Crippen LogP contribution in [0.1, 0.15) is 44.0 Å². The minimum Gasteiger partial charge on any atom is -0.440 e. The van der Waals surface area contributed by atoms with E-state index in [1.54, 1.807) is 24.5 Å². The molecule has 31 heavy (non-hydrogen) atoms. The molecule has 10 heteroatoms. The summed E-state index contributed by atoms with van der Waals surface area (Å²) in [6.07, 6.45) is 2.15. The van der Waals surface area contributed by atoms with Crippen LogP contribution in [-0.2, 0) is 4.74 Å². The molecular weight excluding hydrogens is 413 g/mol. The van der Waals surface area contributed by atoms with Crippen molar-refractivity contribution < 1.29 is 27.4 Å². The van der Waals surface area contributed by atoms with Gasteiger partial charge in [-0.2, -0.15) is 0 Å². The number of hydrogen-bond acceptors (Lipinski definition) is 5. The lowest BCUT2D eigenvalue weighted by Crippen LogP contribution is -2.41. The van der Waals surface area contributed by atoms with Gasteiger partial charge in [-0.1, -0.05) is 6.42 Å². The van der Waals surface area contributed by atoms with E-state index in [4.69, 9.17) is 4.74 Å². The molecule has 0 radical (unpaired) electrons. The summed E-state index contributed by atoms with van der Waals surface area (Å²) in [4.78, 5) is 26.3. The number of alkyl halides is 3. The lowest BCUT2D eigenvalue weighted by atomic mass is 9.79. The first-order valence-corrected chi connectivity index (χ1v) is 10.0. The predicted octanol–water partition coefficient (Wildman–Crippen LogP) is 5.26. The second-order valence-corrected chi connectivity index (χ2v) is 7.83. The van der Waals surface area contributed by atoms with E-state index in [0.29, 0.717) is 35.4 Å². The lowest BCUT2D eigenvalue weighted by molar-refractivity contribution is -0.274. The number of fused-ring (bicyclic) bond motifs is 1. The normalized spacial score (nSPS) is 20.9. The summed E-state index contributed by atoms with van der Waals surface area (Å²) in [6, 6.07) is 6.87. The van der Waals surface area contributed by atoms with Crippen molar-refractivity contribution >= 4 is 22.8 Å². The zero-order valence-electron chi connectivity index (χ0n) is 16.4.